The largest absolute Gasteiger partial charge is 0.394 e. The lowest BCUT2D eigenvalue weighted by Gasteiger charge is -2.30. The average Bonchev–Trinajstić information content (AvgIpc) is 2.84. The van der Waals surface area contributed by atoms with Crippen LogP contribution in [0.15, 0.2) is 53.5 Å². The van der Waals surface area contributed by atoms with Gasteiger partial charge in [0.05, 0.1) is 18.0 Å². The molecule has 150 valence electrons. The summed E-state index contributed by atoms with van der Waals surface area (Å²) in [5.41, 5.74) is 4.35. The molecular weight excluding hydrogens is 399 g/mol. The summed E-state index contributed by atoms with van der Waals surface area (Å²) in [7, 11) is 0. The first kappa shape index (κ1) is 22.2. The Morgan fingerprint density at radius 3 is 2.46 bits per heavy atom. The van der Waals surface area contributed by atoms with E-state index in [9.17, 15) is 9.90 Å². The van der Waals surface area contributed by atoms with Crippen molar-refractivity contribution in [1.82, 2.24) is 5.32 Å². The number of aliphatic hydroxyl groups excluding tert-OH is 1. The zero-order chi connectivity index (χ0) is 17.9. The molecule has 6 nitrogen and oxygen atoms in total. The van der Waals surface area contributed by atoms with Gasteiger partial charge in [-0.25, -0.2) is 0 Å². The minimum absolute atomic E-state index is 0. The van der Waals surface area contributed by atoms with Gasteiger partial charge in [0.15, 0.2) is 6.04 Å². The number of fused-ring (bicyclic) bond motifs is 1. The van der Waals surface area contributed by atoms with Crippen LogP contribution in [0.4, 0.5) is 11.4 Å². The van der Waals surface area contributed by atoms with E-state index < -0.39 is 6.04 Å². The van der Waals surface area contributed by atoms with E-state index >= 15 is 0 Å². The van der Waals surface area contributed by atoms with Crippen LogP contribution in [0.2, 0.25) is 0 Å². The van der Waals surface area contributed by atoms with E-state index in [1.807, 2.05) is 42.5 Å². The maximum absolute atomic E-state index is 12.5. The summed E-state index contributed by atoms with van der Waals surface area (Å²) in [6, 6.07) is 15.1. The fraction of sp³-hybridized carbons (Fsp3) is 0.300. The zero-order valence-corrected chi connectivity index (χ0v) is 16.9. The smallest absolute Gasteiger partial charge is 0.251 e. The Hall–Kier alpha value is -2.12. The molecule has 8 heteroatoms. The first-order valence-electron chi connectivity index (χ1n) is 8.91. The van der Waals surface area contributed by atoms with Crippen LogP contribution in [0.1, 0.15) is 11.1 Å². The molecule has 0 radical (unpaired) electrons. The Labute approximate surface area is 176 Å². The topological polar surface area (TPSA) is 77.0 Å². The fourth-order valence-electron chi connectivity index (χ4n) is 3.41. The molecular formula is C20H24Cl2N4O2. The first-order valence-corrected chi connectivity index (χ1v) is 8.91. The minimum atomic E-state index is -0.805. The molecule has 2 aromatic rings. The number of aliphatic imine (C=N–C) groups is 1. The van der Waals surface area contributed by atoms with Gasteiger partial charge in [-0.05, 0) is 18.2 Å². The van der Waals surface area contributed by atoms with Crippen LogP contribution in [0, 0.1) is 0 Å². The van der Waals surface area contributed by atoms with Crippen LogP contribution in [0.3, 0.4) is 0 Å². The molecule has 0 unspecified atom stereocenters. The van der Waals surface area contributed by atoms with Gasteiger partial charge in [0.25, 0.3) is 5.91 Å². The van der Waals surface area contributed by atoms with Crippen molar-refractivity contribution in [3.8, 4) is 0 Å². The van der Waals surface area contributed by atoms with Crippen LogP contribution in [0.5, 0.6) is 0 Å². The Morgan fingerprint density at radius 2 is 1.79 bits per heavy atom. The summed E-state index contributed by atoms with van der Waals surface area (Å²) >= 11 is 0. The number of hydrogen-bond donors (Lipinski definition) is 3. The molecule has 2 aliphatic heterocycles. The number of carbonyl (C=O) groups is 1. The maximum Gasteiger partial charge on any atom is 0.251 e. The molecule has 1 fully saturated rings. The van der Waals surface area contributed by atoms with E-state index in [0.717, 1.165) is 54.4 Å². The second kappa shape index (κ2) is 9.89. The van der Waals surface area contributed by atoms with Gasteiger partial charge < -0.3 is 20.6 Å². The molecule has 0 aliphatic carbocycles. The normalized spacial score (nSPS) is 18.6. The van der Waals surface area contributed by atoms with E-state index in [1.54, 1.807) is 0 Å². The number of rotatable bonds is 3. The lowest BCUT2D eigenvalue weighted by molar-refractivity contribution is -0.118. The Morgan fingerprint density at radius 1 is 1.07 bits per heavy atom. The Kier molecular flexibility index (Phi) is 7.83. The van der Waals surface area contributed by atoms with Gasteiger partial charge in [0.1, 0.15) is 0 Å². The molecule has 1 saturated heterocycles. The van der Waals surface area contributed by atoms with Gasteiger partial charge in [-0.15, -0.1) is 24.8 Å². The highest BCUT2D eigenvalue weighted by molar-refractivity contribution is 6.20. The van der Waals surface area contributed by atoms with Gasteiger partial charge in [0.2, 0.25) is 0 Å². The molecule has 2 aliphatic rings. The van der Waals surface area contributed by atoms with Crippen molar-refractivity contribution in [3.63, 3.8) is 0 Å². The SMILES string of the molecule is Cl.Cl.O=C1Nc2cc(N3CCNCC3)ccc2C(c2ccccc2)=N[C@H]1CO. The van der Waals surface area contributed by atoms with Crippen molar-refractivity contribution in [3.05, 3.63) is 59.7 Å². The van der Waals surface area contributed by atoms with Crippen molar-refractivity contribution in [2.45, 2.75) is 6.04 Å². The number of nitrogens with zero attached hydrogens (tertiary/aromatic N) is 2. The van der Waals surface area contributed by atoms with E-state index in [1.165, 1.54) is 0 Å². The summed E-state index contributed by atoms with van der Waals surface area (Å²) in [4.78, 5) is 19.3. The van der Waals surface area contributed by atoms with Gasteiger partial charge in [0, 0.05) is 43.0 Å². The third kappa shape index (κ3) is 4.47. The van der Waals surface area contributed by atoms with Crippen LogP contribution >= 0.6 is 24.8 Å². The number of hydrogen-bond acceptors (Lipinski definition) is 5. The molecule has 3 N–H and O–H groups in total. The first-order chi connectivity index (χ1) is 12.8. The standard InChI is InChI=1S/C20H22N4O2.2ClH/c25-13-18-20(26)23-17-12-15(24-10-8-21-9-11-24)6-7-16(17)19(22-18)14-4-2-1-3-5-14;;/h1-7,12,18,21,25H,8-11,13H2,(H,23,26);2*1H/t18-;;/m0../s1. The van der Waals surface area contributed by atoms with Gasteiger partial charge in [-0.1, -0.05) is 30.3 Å². The van der Waals surface area contributed by atoms with Crippen LogP contribution in [-0.4, -0.2) is 55.6 Å². The number of benzene rings is 2. The van der Waals surface area contributed by atoms with Gasteiger partial charge in [-0.3, -0.25) is 9.79 Å². The minimum Gasteiger partial charge on any atom is -0.394 e. The molecule has 2 aromatic carbocycles. The summed E-state index contributed by atoms with van der Waals surface area (Å²) in [6.07, 6.45) is 0. The quantitative estimate of drug-likeness (QED) is 0.707. The number of piperazine rings is 1. The summed E-state index contributed by atoms with van der Waals surface area (Å²) in [5.74, 6) is -0.280. The van der Waals surface area contributed by atoms with Crippen molar-refractivity contribution in [2.24, 2.45) is 4.99 Å². The van der Waals surface area contributed by atoms with Crippen molar-refractivity contribution in [2.75, 3.05) is 43.0 Å². The molecule has 0 aromatic heterocycles. The number of benzodiazepines with no additional fused rings is 1. The average molecular weight is 423 g/mol. The highest BCUT2D eigenvalue weighted by Crippen LogP contribution is 2.29. The molecule has 0 bridgehead atoms. The fourth-order valence-corrected chi connectivity index (χ4v) is 3.41. The third-order valence-electron chi connectivity index (χ3n) is 4.81. The van der Waals surface area contributed by atoms with Crippen molar-refractivity contribution >= 4 is 47.8 Å². The number of amides is 1. The van der Waals surface area contributed by atoms with E-state index in [0.29, 0.717) is 0 Å². The molecule has 1 atom stereocenters. The summed E-state index contributed by atoms with van der Waals surface area (Å²) < 4.78 is 0. The summed E-state index contributed by atoms with van der Waals surface area (Å²) in [5, 5.41) is 15.9. The lowest BCUT2D eigenvalue weighted by Crippen LogP contribution is -2.43. The molecule has 1 amide bonds. The maximum atomic E-state index is 12.5. The molecule has 2 heterocycles. The predicted molar refractivity (Wildman–Crippen MR) is 118 cm³/mol. The third-order valence-corrected chi connectivity index (χ3v) is 4.81. The summed E-state index contributed by atoms with van der Waals surface area (Å²) in [6.45, 7) is 3.46. The van der Waals surface area contributed by atoms with Gasteiger partial charge in [-0.2, -0.15) is 0 Å². The lowest BCUT2D eigenvalue weighted by atomic mass is 10.00. The van der Waals surface area contributed by atoms with Crippen LogP contribution < -0.4 is 15.5 Å². The van der Waals surface area contributed by atoms with Gasteiger partial charge >= 0.3 is 0 Å². The van der Waals surface area contributed by atoms with Crippen LogP contribution in [-0.2, 0) is 4.79 Å². The second-order valence-corrected chi connectivity index (χ2v) is 6.50. The number of nitrogens with one attached hydrogen (secondary N) is 2. The predicted octanol–water partition coefficient (Wildman–Crippen LogP) is 2.09. The monoisotopic (exact) mass is 422 g/mol. The van der Waals surface area contributed by atoms with E-state index in [4.69, 9.17) is 0 Å². The molecule has 0 spiro atoms. The van der Waals surface area contributed by atoms with Crippen molar-refractivity contribution in [1.29, 1.82) is 0 Å². The number of carbonyl (C=O) groups excluding carboxylic acids is 1. The highest BCUT2D eigenvalue weighted by Gasteiger charge is 2.26. The Bertz CT molecular complexity index is 839. The molecule has 28 heavy (non-hydrogen) atoms. The highest BCUT2D eigenvalue weighted by atomic mass is 35.5. The zero-order valence-electron chi connectivity index (χ0n) is 15.3. The molecule has 4 rings (SSSR count). The van der Waals surface area contributed by atoms with Crippen LogP contribution in [0.25, 0.3) is 0 Å². The number of halogens is 2. The Balaban J connectivity index is 0.00000140. The molecule has 0 saturated carbocycles. The number of anilines is 2. The van der Waals surface area contributed by atoms with Crippen molar-refractivity contribution < 1.29 is 9.90 Å². The second-order valence-electron chi connectivity index (χ2n) is 6.50. The van der Waals surface area contributed by atoms with E-state index in [2.05, 4.69) is 26.6 Å². The van der Waals surface area contributed by atoms with E-state index in [-0.39, 0.29) is 37.3 Å². The number of aliphatic hydroxyl groups is 1.